The van der Waals surface area contributed by atoms with Gasteiger partial charge in [-0.3, -0.25) is 9.59 Å². The number of nitrogens with zero attached hydrogens (tertiary/aromatic N) is 2. The molecule has 0 spiro atoms. The van der Waals surface area contributed by atoms with Crippen molar-refractivity contribution in [2.24, 2.45) is 11.7 Å². The van der Waals surface area contributed by atoms with Crippen molar-refractivity contribution in [2.75, 3.05) is 26.2 Å². The molecule has 0 saturated carbocycles. The van der Waals surface area contributed by atoms with E-state index in [1.807, 2.05) is 13.8 Å². The van der Waals surface area contributed by atoms with E-state index in [4.69, 9.17) is 5.73 Å². The third-order valence-electron chi connectivity index (χ3n) is 2.78. The lowest BCUT2D eigenvalue weighted by Gasteiger charge is -2.34. The van der Waals surface area contributed by atoms with Gasteiger partial charge in [-0.2, -0.15) is 0 Å². The molecule has 2 N–H and O–H groups in total. The molecule has 2 amide bonds. The Morgan fingerprint density at radius 1 is 1.27 bits per heavy atom. The van der Waals surface area contributed by atoms with Gasteiger partial charge in [0.2, 0.25) is 12.3 Å². The first-order valence-corrected chi connectivity index (χ1v) is 5.30. The van der Waals surface area contributed by atoms with E-state index in [1.54, 1.807) is 9.80 Å². The van der Waals surface area contributed by atoms with Gasteiger partial charge in [0.05, 0.1) is 6.04 Å². The zero-order valence-corrected chi connectivity index (χ0v) is 9.35. The molecule has 15 heavy (non-hydrogen) atoms. The van der Waals surface area contributed by atoms with Crippen LogP contribution < -0.4 is 5.73 Å². The second-order valence-corrected chi connectivity index (χ2v) is 4.24. The van der Waals surface area contributed by atoms with E-state index in [9.17, 15) is 9.59 Å². The zero-order chi connectivity index (χ0) is 11.4. The third kappa shape index (κ3) is 2.92. The van der Waals surface area contributed by atoms with Crippen LogP contribution in [0.2, 0.25) is 0 Å². The van der Waals surface area contributed by atoms with Crippen molar-refractivity contribution < 1.29 is 9.59 Å². The first-order valence-electron chi connectivity index (χ1n) is 5.30. The topological polar surface area (TPSA) is 66.6 Å². The molecule has 0 radical (unpaired) electrons. The number of carbonyl (C=O) groups excluding carboxylic acids is 2. The summed E-state index contributed by atoms with van der Waals surface area (Å²) in [7, 11) is 0. The normalized spacial score (nSPS) is 19.2. The van der Waals surface area contributed by atoms with E-state index in [-0.39, 0.29) is 11.8 Å². The molecule has 0 bridgehead atoms. The van der Waals surface area contributed by atoms with Crippen LogP contribution in [-0.2, 0) is 9.59 Å². The van der Waals surface area contributed by atoms with Gasteiger partial charge in [0, 0.05) is 26.2 Å². The largest absolute Gasteiger partial charge is 0.342 e. The minimum atomic E-state index is -0.423. The summed E-state index contributed by atoms with van der Waals surface area (Å²) in [6.07, 6.45) is 0.824. The van der Waals surface area contributed by atoms with E-state index in [0.717, 1.165) is 6.41 Å². The quantitative estimate of drug-likeness (QED) is 0.629. The maximum absolute atomic E-state index is 11.8. The Labute approximate surface area is 90.2 Å². The maximum atomic E-state index is 11.8. The van der Waals surface area contributed by atoms with Crippen molar-refractivity contribution in [3.05, 3.63) is 0 Å². The van der Waals surface area contributed by atoms with Gasteiger partial charge >= 0.3 is 0 Å². The predicted octanol–water partition coefficient (Wildman–Crippen LogP) is -0.730. The van der Waals surface area contributed by atoms with Gasteiger partial charge in [0.1, 0.15) is 0 Å². The van der Waals surface area contributed by atoms with Crippen LogP contribution >= 0.6 is 0 Å². The number of nitrogens with two attached hydrogens (primary N) is 1. The molecule has 1 fully saturated rings. The van der Waals surface area contributed by atoms with E-state index < -0.39 is 6.04 Å². The first kappa shape index (κ1) is 12.0. The standard InChI is InChI=1S/C10H19N3O2/c1-8(2)9(11)10(15)13-5-3-12(7-14)4-6-13/h7-9H,3-6,11H2,1-2H3/t9-/m0/s1. The SMILES string of the molecule is CC(C)[C@H](N)C(=O)N1CCN(C=O)CC1. The zero-order valence-electron chi connectivity index (χ0n) is 9.35. The maximum Gasteiger partial charge on any atom is 0.239 e. The van der Waals surface area contributed by atoms with E-state index in [0.29, 0.717) is 26.2 Å². The first-order chi connectivity index (χ1) is 7.06. The van der Waals surface area contributed by atoms with Crippen molar-refractivity contribution in [3.63, 3.8) is 0 Å². The monoisotopic (exact) mass is 213 g/mol. The highest BCUT2D eigenvalue weighted by Gasteiger charge is 2.26. The van der Waals surface area contributed by atoms with Gasteiger partial charge < -0.3 is 15.5 Å². The summed E-state index contributed by atoms with van der Waals surface area (Å²) in [5.41, 5.74) is 5.78. The van der Waals surface area contributed by atoms with Gasteiger partial charge in [0.15, 0.2) is 0 Å². The molecule has 0 aromatic rings. The Morgan fingerprint density at radius 2 is 1.80 bits per heavy atom. The number of piperazine rings is 1. The number of hydrogen-bond acceptors (Lipinski definition) is 3. The summed E-state index contributed by atoms with van der Waals surface area (Å²) < 4.78 is 0. The molecule has 0 unspecified atom stereocenters. The van der Waals surface area contributed by atoms with Crippen molar-refractivity contribution in [1.82, 2.24) is 9.80 Å². The summed E-state index contributed by atoms with van der Waals surface area (Å²) in [5, 5.41) is 0. The van der Waals surface area contributed by atoms with Crippen LogP contribution in [0, 0.1) is 5.92 Å². The van der Waals surface area contributed by atoms with Crippen molar-refractivity contribution >= 4 is 12.3 Å². The molecule has 0 aromatic carbocycles. The molecule has 5 heteroatoms. The number of hydrogen-bond donors (Lipinski definition) is 1. The minimum absolute atomic E-state index is 0.00412. The molecule has 1 saturated heterocycles. The fourth-order valence-electron chi connectivity index (χ4n) is 1.54. The predicted molar refractivity (Wildman–Crippen MR) is 57.0 cm³/mol. The Morgan fingerprint density at radius 3 is 2.20 bits per heavy atom. The smallest absolute Gasteiger partial charge is 0.239 e. The molecule has 1 aliphatic rings. The lowest BCUT2D eigenvalue weighted by molar-refractivity contribution is -0.137. The fourth-order valence-corrected chi connectivity index (χ4v) is 1.54. The van der Waals surface area contributed by atoms with Crippen LogP contribution in [0.3, 0.4) is 0 Å². The second-order valence-electron chi connectivity index (χ2n) is 4.24. The van der Waals surface area contributed by atoms with Crippen LogP contribution in [0.4, 0.5) is 0 Å². The summed E-state index contributed by atoms with van der Waals surface area (Å²) in [6, 6.07) is -0.423. The van der Waals surface area contributed by atoms with Crippen LogP contribution in [0.25, 0.3) is 0 Å². The van der Waals surface area contributed by atoms with Gasteiger partial charge in [-0.1, -0.05) is 13.8 Å². The number of carbonyl (C=O) groups is 2. The molecule has 1 atom stereocenters. The number of rotatable bonds is 3. The summed E-state index contributed by atoms with van der Waals surface area (Å²) in [6.45, 7) is 6.28. The van der Waals surface area contributed by atoms with Gasteiger partial charge in [-0.25, -0.2) is 0 Å². The lowest BCUT2D eigenvalue weighted by atomic mass is 10.0. The van der Waals surface area contributed by atoms with E-state index >= 15 is 0 Å². The van der Waals surface area contributed by atoms with E-state index in [1.165, 1.54) is 0 Å². The molecular weight excluding hydrogens is 194 g/mol. The van der Waals surface area contributed by atoms with Gasteiger partial charge in [-0.15, -0.1) is 0 Å². The average Bonchev–Trinajstić information content (AvgIpc) is 2.27. The van der Waals surface area contributed by atoms with Crippen molar-refractivity contribution in [3.8, 4) is 0 Å². The summed E-state index contributed by atoms with van der Waals surface area (Å²) in [5.74, 6) is 0.150. The highest BCUT2D eigenvalue weighted by molar-refractivity contribution is 5.82. The fraction of sp³-hybridized carbons (Fsp3) is 0.800. The van der Waals surface area contributed by atoms with Gasteiger partial charge in [-0.05, 0) is 5.92 Å². The van der Waals surface area contributed by atoms with Crippen molar-refractivity contribution in [1.29, 1.82) is 0 Å². The number of amides is 2. The van der Waals surface area contributed by atoms with Crippen LogP contribution in [0.1, 0.15) is 13.8 Å². The van der Waals surface area contributed by atoms with Crippen molar-refractivity contribution in [2.45, 2.75) is 19.9 Å². The average molecular weight is 213 g/mol. The van der Waals surface area contributed by atoms with Crippen LogP contribution in [-0.4, -0.2) is 54.3 Å². The highest BCUT2D eigenvalue weighted by Crippen LogP contribution is 2.06. The molecule has 1 rings (SSSR count). The Kier molecular flexibility index (Phi) is 4.08. The Balaban J connectivity index is 2.46. The molecule has 1 aliphatic heterocycles. The highest BCUT2D eigenvalue weighted by atomic mass is 16.2. The lowest BCUT2D eigenvalue weighted by Crippen LogP contribution is -2.54. The van der Waals surface area contributed by atoms with Crippen LogP contribution in [0.15, 0.2) is 0 Å². The summed E-state index contributed by atoms with van der Waals surface area (Å²) in [4.78, 5) is 25.7. The van der Waals surface area contributed by atoms with E-state index in [2.05, 4.69) is 0 Å². The second kappa shape index (κ2) is 5.11. The van der Waals surface area contributed by atoms with Crippen LogP contribution in [0.5, 0.6) is 0 Å². The summed E-state index contributed by atoms with van der Waals surface area (Å²) >= 11 is 0. The molecule has 86 valence electrons. The Bertz CT molecular complexity index is 235. The van der Waals surface area contributed by atoms with Gasteiger partial charge in [0.25, 0.3) is 0 Å². The molecule has 0 aliphatic carbocycles. The molecule has 1 heterocycles. The minimum Gasteiger partial charge on any atom is -0.342 e. The third-order valence-corrected chi connectivity index (χ3v) is 2.78. The Hall–Kier alpha value is -1.10. The molecule has 5 nitrogen and oxygen atoms in total. The molecule has 0 aromatic heterocycles. The molecular formula is C10H19N3O2.